The number of nitrogens with zero attached hydrogens (tertiary/aromatic N) is 1. The van der Waals surface area contributed by atoms with Crippen LogP contribution in [0.4, 0.5) is 4.39 Å². The third-order valence-corrected chi connectivity index (χ3v) is 0.883. The van der Waals surface area contributed by atoms with E-state index in [-0.39, 0.29) is 0 Å². The third-order valence-electron chi connectivity index (χ3n) is 0.883. The van der Waals surface area contributed by atoms with Crippen molar-refractivity contribution in [1.29, 1.82) is 0 Å². The molecule has 1 aromatic rings. The van der Waals surface area contributed by atoms with Gasteiger partial charge >= 0.3 is 0 Å². The molecule has 0 bridgehead atoms. The normalized spacial score (nSPS) is 8.36. The first-order valence-corrected chi connectivity index (χ1v) is 3.41. The zero-order valence-electron chi connectivity index (χ0n) is 6.81. The number of hydrogen-bond acceptors (Lipinski definition) is 2. The molecular formula is C7H11FN2O. The topological polar surface area (TPSA) is 45.8 Å². The van der Waals surface area contributed by atoms with Gasteiger partial charge in [0, 0.05) is 0 Å². The van der Waals surface area contributed by atoms with Gasteiger partial charge in [-0.1, -0.05) is 13.8 Å². The Hall–Kier alpha value is -1.19. The number of rotatable bonds is 0. The Labute approximate surface area is 64.3 Å². The van der Waals surface area contributed by atoms with Gasteiger partial charge in [0.25, 0.3) is 5.56 Å². The second-order valence-electron chi connectivity index (χ2n) is 1.65. The number of aryl methyl sites for hydroxylation is 1. The van der Waals surface area contributed by atoms with Crippen molar-refractivity contribution in [3.63, 3.8) is 0 Å². The number of H-pyrrole nitrogens is 1. The highest BCUT2D eigenvalue weighted by atomic mass is 19.1. The van der Waals surface area contributed by atoms with Crippen LogP contribution in [0.2, 0.25) is 0 Å². The predicted octanol–water partition coefficient (Wildman–Crippen LogP) is 1.24. The van der Waals surface area contributed by atoms with Crippen molar-refractivity contribution >= 4 is 0 Å². The predicted molar refractivity (Wildman–Crippen MR) is 40.9 cm³/mol. The minimum absolute atomic E-state index is 0.418. The summed E-state index contributed by atoms with van der Waals surface area (Å²) in [4.78, 5) is 16.1. The van der Waals surface area contributed by atoms with Crippen LogP contribution < -0.4 is 5.56 Å². The Morgan fingerprint density at radius 1 is 1.55 bits per heavy atom. The average molecular weight is 158 g/mol. The van der Waals surface area contributed by atoms with Gasteiger partial charge in [-0.25, -0.2) is 4.98 Å². The van der Waals surface area contributed by atoms with Crippen LogP contribution in [0.25, 0.3) is 0 Å². The van der Waals surface area contributed by atoms with Crippen molar-refractivity contribution in [2.75, 3.05) is 0 Å². The molecular weight excluding hydrogens is 147 g/mol. The SMILES string of the molecule is CC.Cc1ncc(F)c(=O)[nH]1. The molecule has 0 radical (unpaired) electrons. The van der Waals surface area contributed by atoms with Gasteiger partial charge in [-0.05, 0) is 6.92 Å². The molecule has 0 spiro atoms. The van der Waals surface area contributed by atoms with Crippen LogP contribution in [0, 0.1) is 12.7 Å². The largest absolute Gasteiger partial charge is 0.308 e. The zero-order valence-corrected chi connectivity index (χ0v) is 6.81. The summed E-state index contributed by atoms with van der Waals surface area (Å²) in [7, 11) is 0. The lowest BCUT2D eigenvalue weighted by atomic mass is 10.6. The van der Waals surface area contributed by atoms with Gasteiger partial charge in [0.2, 0.25) is 5.82 Å². The Balaban J connectivity index is 0.000000461. The second-order valence-corrected chi connectivity index (χ2v) is 1.65. The van der Waals surface area contributed by atoms with Crippen molar-refractivity contribution in [3.8, 4) is 0 Å². The van der Waals surface area contributed by atoms with E-state index in [0.717, 1.165) is 6.20 Å². The fraction of sp³-hybridized carbons (Fsp3) is 0.429. The molecule has 0 atom stereocenters. The van der Waals surface area contributed by atoms with Crippen molar-refractivity contribution in [1.82, 2.24) is 9.97 Å². The van der Waals surface area contributed by atoms with Crippen LogP contribution in [0.15, 0.2) is 11.0 Å². The summed E-state index contributed by atoms with van der Waals surface area (Å²) in [5, 5.41) is 0. The molecule has 0 saturated heterocycles. The van der Waals surface area contributed by atoms with Crippen LogP contribution in [-0.4, -0.2) is 9.97 Å². The van der Waals surface area contributed by atoms with Crippen molar-refractivity contribution in [2.45, 2.75) is 20.8 Å². The summed E-state index contributed by atoms with van der Waals surface area (Å²) in [6.07, 6.45) is 0.897. The summed E-state index contributed by atoms with van der Waals surface area (Å²) >= 11 is 0. The summed E-state index contributed by atoms with van der Waals surface area (Å²) in [6.45, 7) is 5.58. The van der Waals surface area contributed by atoms with Gasteiger partial charge < -0.3 is 4.98 Å². The molecule has 1 heterocycles. The highest BCUT2D eigenvalue weighted by Crippen LogP contribution is 1.82. The molecule has 0 aromatic carbocycles. The molecule has 1 rings (SSSR count). The fourth-order valence-electron chi connectivity index (χ4n) is 0.468. The first-order valence-electron chi connectivity index (χ1n) is 3.41. The summed E-state index contributed by atoms with van der Waals surface area (Å²) in [6, 6.07) is 0. The van der Waals surface area contributed by atoms with E-state index in [0.29, 0.717) is 5.82 Å². The van der Waals surface area contributed by atoms with Crippen LogP contribution >= 0.6 is 0 Å². The van der Waals surface area contributed by atoms with Crippen molar-refractivity contribution in [2.24, 2.45) is 0 Å². The first kappa shape index (κ1) is 9.81. The van der Waals surface area contributed by atoms with E-state index in [2.05, 4.69) is 9.97 Å². The number of aromatic amines is 1. The van der Waals surface area contributed by atoms with E-state index in [1.807, 2.05) is 13.8 Å². The number of nitrogens with one attached hydrogen (secondary N) is 1. The molecule has 0 aliphatic carbocycles. The molecule has 62 valence electrons. The molecule has 1 aromatic heterocycles. The lowest BCUT2D eigenvalue weighted by molar-refractivity contribution is 0.597. The second kappa shape index (κ2) is 4.60. The Kier molecular flexibility index (Phi) is 4.10. The van der Waals surface area contributed by atoms with Gasteiger partial charge in [-0.15, -0.1) is 0 Å². The number of aromatic nitrogens is 2. The van der Waals surface area contributed by atoms with Gasteiger partial charge in [0.1, 0.15) is 5.82 Å². The van der Waals surface area contributed by atoms with E-state index in [9.17, 15) is 9.18 Å². The smallest absolute Gasteiger partial charge is 0.286 e. The van der Waals surface area contributed by atoms with Crippen LogP contribution in [0.5, 0.6) is 0 Å². The fourth-order valence-corrected chi connectivity index (χ4v) is 0.468. The molecule has 11 heavy (non-hydrogen) atoms. The van der Waals surface area contributed by atoms with Gasteiger partial charge in [-0.3, -0.25) is 4.79 Å². The Morgan fingerprint density at radius 2 is 2.09 bits per heavy atom. The molecule has 0 fully saturated rings. The van der Waals surface area contributed by atoms with E-state index in [1.165, 1.54) is 0 Å². The van der Waals surface area contributed by atoms with E-state index >= 15 is 0 Å². The highest BCUT2D eigenvalue weighted by molar-refractivity contribution is 4.89. The lowest BCUT2D eigenvalue weighted by Gasteiger charge is -1.87. The van der Waals surface area contributed by atoms with E-state index < -0.39 is 11.4 Å². The van der Waals surface area contributed by atoms with Crippen LogP contribution in [-0.2, 0) is 0 Å². The Bertz CT molecular complexity index is 269. The van der Waals surface area contributed by atoms with Crippen LogP contribution in [0.3, 0.4) is 0 Å². The minimum atomic E-state index is -0.847. The molecule has 0 aliphatic heterocycles. The molecule has 4 heteroatoms. The summed E-state index contributed by atoms with van der Waals surface area (Å²) in [5.41, 5.74) is -0.720. The zero-order chi connectivity index (χ0) is 8.85. The molecule has 0 amide bonds. The van der Waals surface area contributed by atoms with Gasteiger partial charge in [0.15, 0.2) is 0 Å². The molecule has 0 aliphatic rings. The summed E-state index contributed by atoms with van der Waals surface area (Å²) < 4.78 is 12.1. The van der Waals surface area contributed by atoms with E-state index in [1.54, 1.807) is 6.92 Å². The molecule has 1 N–H and O–H groups in total. The highest BCUT2D eigenvalue weighted by Gasteiger charge is 1.94. The number of hydrogen-bond donors (Lipinski definition) is 1. The quantitative estimate of drug-likeness (QED) is 0.617. The van der Waals surface area contributed by atoms with Gasteiger partial charge in [0.05, 0.1) is 6.20 Å². The maximum Gasteiger partial charge on any atom is 0.286 e. The maximum absolute atomic E-state index is 12.1. The van der Waals surface area contributed by atoms with Crippen molar-refractivity contribution < 1.29 is 4.39 Å². The minimum Gasteiger partial charge on any atom is -0.308 e. The van der Waals surface area contributed by atoms with E-state index in [4.69, 9.17) is 0 Å². The van der Waals surface area contributed by atoms with Crippen LogP contribution in [0.1, 0.15) is 19.7 Å². The number of halogens is 1. The molecule has 0 unspecified atom stereocenters. The maximum atomic E-state index is 12.1. The lowest BCUT2D eigenvalue weighted by Crippen LogP contribution is -2.12. The first-order chi connectivity index (χ1) is 5.20. The molecule has 3 nitrogen and oxygen atoms in total. The molecule has 0 saturated carbocycles. The standard InChI is InChI=1S/C5H5FN2O.C2H6/c1-3-7-2-4(6)5(9)8-3;1-2/h2H,1H3,(H,7,8,9);1-2H3. The average Bonchev–Trinajstić information content (AvgIpc) is 2.02. The monoisotopic (exact) mass is 158 g/mol. The summed E-state index contributed by atoms with van der Waals surface area (Å²) in [5.74, 6) is -0.429. The Morgan fingerprint density at radius 3 is 2.45 bits per heavy atom. The van der Waals surface area contributed by atoms with Crippen molar-refractivity contribution in [3.05, 3.63) is 28.2 Å². The third kappa shape index (κ3) is 2.93. The van der Waals surface area contributed by atoms with Gasteiger partial charge in [-0.2, -0.15) is 4.39 Å².